The van der Waals surface area contributed by atoms with E-state index in [1.54, 1.807) is 0 Å². The van der Waals surface area contributed by atoms with Gasteiger partial charge in [0.15, 0.2) is 0 Å². The van der Waals surface area contributed by atoms with Crippen LogP contribution < -0.4 is 5.73 Å². The van der Waals surface area contributed by atoms with Gasteiger partial charge in [-0.1, -0.05) is 18.2 Å². The highest BCUT2D eigenvalue weighted by Gasteiger charge is 2.16. The first kappa shape index (κ1) is 11.1. The van der Waals surface area contributed by atoms with E-state index in [0.717, 1.165) is 5.56 Å². The summed E-state index contributed by atoms with van der Waals surface area (Å²) in [5.41, 5.74) is 9.15. The van der Waals surface area contributed by atoms with Crippen LogP contribution >= 0.6 is 0 Å². The molecule has 16 heavy (non-hydrogen) atoms. The molecule has 0 amide bonds. The van der Waals surface area contributed by atoms with Gasteiger partial charge in [-0.3, -0.25) is 4.79 Å². The number of esters is 1. The standard InChI is InChI=1S/C12H15NO3/c1-15-12(14)11(13)5-8-2-3-9-6-16-7-10(9)4-8/h2-4,11H,5-7,13H2,1H3/t11-/m1/s1. The smallest absolute Gasteiger partial charge is 0.322 e. The normalized spacial score (nSPS) is 15.6. The Kier molecular flexibility index (Phi) is 3.22. The van der Waals surface area contributed by atoms with Crippen LogP contribution in [0.5, 0.6) is 0 Å². The molecule has 2 N–H and O–H groups in total. The molecule has 0 aliphatic carbocycles. The molecule has 0 bridgehead atoms. The van der Waals surface area contributed by atoms with Crippen LogP contribution in [0.4, 0.5) is 0 Å². The number of hydrogen-bond donors (Lipinski definition) is 1. The second-order valence-corrected chi connectivity index (χ2v) is 3.93. The molecule has 0 aromatic heterocycles. The van der Waals surface area contributed by atoms with Crippen molar-refractivity contribution in [3.8, 4) is 0 Å². The Labute approximate surface area is 94.3 Å². The van der Waals surface area contributed by atoms with Crippen molar-refractivity contribution in [2.75, 3.05) is 7.11 Å². The van der Waals surface area contributed by atoms with Crippen LogP contribution in [0.3, 0.4) is 0 Å². The van der Waals surface area contributed by atoms with Crippen LogP contribution in [0.15, 0.2) is 18.2 Å². The van der Waals surface area contributed by atoms with E-state index in [9.17, 15) is 4.79 Å². The molecule has 4 nitrogen and oxygen atoms in total. The van der Waals surface area contributed by atoms with E-state index in [-0.39, 0.29) is 5.97 Å². The first-order chi connectivity index (χ1) is 7.70. The molecule has 1 heterocycles. The van der Waals surface area contributed by atoms with Gasteiger partial charge in [-0.2, -0.15) is 0 Å². The van der Waals surface area contributed by atoms with Gasteiger partial charge < -0.3 is 15.2 Å². The highest BCUT2D eigenvalue weighted by Crippen LogP contribution is 2.21. The van der Waals surface area contributed by atoms with Crippen molar-refractivity contribution in [1.82, 2.24) is 0 Å². The van der Waals surface area contributed by atoms with E-state index in [4.69, 9.17) is 10.5 Å². The van der Waals surface area contributed by atoms with Gasteiger partial charge in [0.25, 0.3) is 0 Å². The topological polar surface area (TPSA) is 61.5 Å². The summed E-state index contributed by atoms with van der Waals surface area (Å²) in [6.45, 7) is 1.33. The monoisotopic (exact) mass is 221 g/mol. The summed E-state index contributed by atoms with van der Waals surface area (Å²) in [7, 11) is 1.35. The van der Waals surface area contributed by atoms with E-state index in [0.29, 0.717) is 19.6 Å². The van der Waals surface area contributed by atoms with Crippen LogP contribution in [0, 0.1) is 0 Å². The molecule has 0 unspecified atom stereocenters. The second-order valence-electron chi connectivity index (χ2n) is 3.93. The van der Waals surface area contributed by atoms with Crippen molar-refractivity contribution >= 4 is 5.97 Å². The van der Waals surface area contributed by atoms with Crippen molar-refractivity contribution < 1.29 is 14.3 Å². The molecule has 1 aliphatic heterocycles. The molecule has 0 fully saturated rings. The van der Waals surface area contributed by atoms with Crippen molar-refractivity contribution in [1.29, 1.82) is 0 Å². The highest BCUT2D eigenvalue weighted by atomic mass is 16.5. The molecule has 1 aromatic rings. The molecular formula is C12H15NO3. The lowest BCUT2D eigenvalue weighted by molar-refractivity contribution is -0.142. The van der Waals surface area contributed by atoms with Gasteiger partial charge in [0.1, 0.15) is 6.04 Å². The lowest BCUT2D eigenvalue weighted by Gasteiger charge is -2.09. The summed E-state index contributed by atoms with van der Waals surface area (Å²) >= 11 is 0. The van der Waals surface area contributed by atoms with Crippen molar-refractivity contribution in [2.24, 2.45) is 5.73 Å². The summed E-state index contributed by atoms with van der Waals surface area (Å²) in [5, 5.41) is 0. The quantitative estimate of drug-likeness (QED) is 0.765. The first-order valence-corrected chi connectivity index (χ1v) is 5.22. The average molecular weight is 221 g/mol. The minimum absolute atomic E-state index is 0.378. The molecule has 2 rings (SSSR count). The van der Waals surface area contributed by atoms with E-state index in [1.165, 1.54) is 18.2 Å². The molecule has 1 atom stereocenters. The maximum Gasteiger partial charge on any atom is 0.322 e. The lowest BCUT2D eigenvalue weighted by atomic mass is 10.0. The number of hydrogen-bond acceptors (Lipinski definition) is 4. The fourth-order valence-corrected chi connectivity index (χ4v) is 1.84. The number of benzene rings is 1. The Balaban J connectivity index is 2.08. The van der Waals surface area contributed by atoms with E-state index in [2.05, 4.69) is 4.74 Å². The van der Waals surface area contributed by atoms with Gasteiger partial charge >= 0.3 is 5.97 Å². The predicted octanol–water partition coefficient (Wildman–Crippen LogP) is 0.760. The molecule has 4 heteroatoms. The Morgan fingerprint density at radius 1 is 1.50 bits per heavy atom. The molecule has 0 saturated heterocycles. The number of carbonyl (C=O) groups is 1. The third kappa shape index (κ3) is 2.23. The van der Waals surface area contributed by atoms with E-state index in [1.807, 2.05) is 18.2 Å². The minimum atomic E-state index is -0.592. The van der Waals surface area contributed by atoms with Gasteiger partial charge in [0.05, 0.1) is 20.3 Å². The number of ether oxygens (including phenoxy) is 2. The Morgan fingerprint density at radius 3 is 3.00 bits per heavy atom. The first-order valence-electron chi connectivity index (χ1n) is 5.22. The van der Waals surface area contributed by atoms with E-state index < -0.39 is 6.04 Å². The second kappa shape index (κ2) is 4.63. The fourth-order valence-electron chi connectivity index (χ4n) is 1.84. The molecule has 0 radical (unpaired) electrons. The Bertz CT molecular complexity index is 403. The van der Waals surface area contributed by atoms with Crippen LogP contribution in [0.2, 0.25) is 0 Å². The Hall–Kier alpha value is -1.39. The maximum absolute atomic E-state index is 11.2. The zero-order chi connectivity index (χ0) is 11.5. The van der Waals surface area contributed by atoms with E-state index >= 15 is 0 Å². The summed E-state index contributed by atoms with van der Waals surface area (Å²) in [6.07, 6.45) is 0.500. The van der Waals surface area contributed by atoms with Crippen LogP contribution in [0.1, 0.15) is 16.7 Å². The number of carbonyl (C=O) groups excluding carboxylic acids is 1. The van der Waals surface area contributed by atoms with Crippen molar-refractivity contribution in [3.05, 3.63) is 34.9 Å². The van der Waals surface area contributed by atoms with Gasteiger partial charge in [0, 0.05) is 0 Å². The average Bonchev–Trinajstić information content (AvgIpc) is 2.75. The summed E-state index contributed by atoms with van der Waals surface area (Å²) in [5.74, 6) is -0.378. The third-order valence-corrected chi connectivity index (χ3v) is 2.75. The number of rotatable bonds is 3. The molecule has 86 valence electrons. The van der Waals surface area contributed by atoms with Crippen LogP contribution in [0.25, 0.3) is 0 Å². The molecule has 1 aromatic carbocycles. The summed E-state index contributed by atoms with van der Waals surface area (Å²) in [6, 6.07) is 5.47. The van der Waals surface area contributed by atoms with Crippen LogP contribution in [-0.4, -0.2) is 19.1 Å². The number of fused-ring (bicyclic) bond motifs is 1. The van der Waals surface area contributed by atoms with Gasteiger partial charge in [-0.15, -0.1) is 0 Å². The molecule has 0 spiro atoms. The number of methoxy groups -OCH3 is 1. The molecular weight excluding hydrogens is 206 g/mol. The lowest BCUT2D eigenvalue weighted by Crippen LogP contribution is -2.33. The maximum atomic E-state index is 11.2. The number of nitrogens with two attached hydrogens (primary N) is 1. The zero-order valence-electron chi connectivity index (χ0n) is 9.23. The van der Waals surface area contributed by atoms with Crippen molar-refractivity contribution in [3.63, 3.8) is 0 Å². The predicted molar refractivity (Wildman–Crippen MR) is 58.6 cm³/mol. The third-order valence-electron chi connectivity index (χ3n) is 2.75. The minimum Gasteiger partial charge on any atom is -0.468 e. The Morgan fingerprint density at radius 2 is 2.25 bits per heavy atom. The zero-order valence-corrected chi connectivity index (χ0v) is 9.23. The SMILES string of the molecule is COC(=O)[C@H](N)Cc1ccc2c(c1)COC2. The largest absolute Gasteiger partial charge is 0.468 e. The van der Waals surface area contributed by atoms with Crippen LogP contribution in [-0.2, 0) is 33.9 Å². The summed E-state index contributed by atoms with van der Waals surface area (Å²) < 4.78 is 9.91. The summed E-state index contributed by atoms with van der Waals surface area (Å²) in [4.78, 5) is 11.2. The van der Waals surface area contributed by atoms with Gasteiger partial charge in [0.2, 0.25) is 0 Å². The van der Waals surface area contributed by atoms with Crippen molar-refractivity contribution in [2.45, 2.75) is 25.7 Å². The fraction of sp³-hybridized carbons (Fsp3) is 0.417. The van der Waals surface area contributed by atoms with Gasteiger partial charge in [-0.25, -0.2) is 0 Å². The molecule has 0 saturated carbocycles. The van der Waals surface area contributed by atoms with Gasteiger partial charge in [-0.05, 0) is 23.1 Å². The molecule has 1 aliphatic rings. The highest BCUT2D eigenvalue weighted by molar-refractivity contribution is 5.75.